The van der Waals surface area contributed by atoms with Crippen LogP contribution in [0, 0.1) is 10.8 Å². The van der Waals surface area contributed by atoms with Crippen molar-refractivity contribution in [3.8, 4) is 0 Å². The molecule has 0 amide bonds. The van der Waals surface area contributed by atoms with E-state index in [1.807, 2.05) is 6.92 Å². The number of rotatable bonds is 11. The minimum Gasteiger partial charge on any atom is -0.481 e. The minimum absolute atomic E-state index is 0.408. The van der Waals surface area contributed by atoms with Gasteiger partial charge in [-0.2, -0.15) is 0 Å². The molecule has 2 unspecified atom stereocenters. The molecule has 0 saturated heterocycles. The van der Waals surface area contributed by atoms with Crippen LogP contribution in [-0.4, -0.2) is 22.2 Å². The van der Waals surface area contributed by atoms with E-state index in [0.29, 0.717) is 25.7 Å². The molecule has 1 rings (SSSR count). The lowest BCUT2D eigenvalue weighted by atomic mass is 9.53. The molecule has 0 bridgehead atoms. The minimum atomic E-state index is -1.08. The van der Waals surface area contributed by atoms with E-state index in [1.54, 1.807) is 0 Å². The highest BCUT2D eigenvalue weighted by molar-refractivity contribution is 5.87. The first-order chi connectivity index (χ1) is 11.0. The van der Waals surface area contributed by atoms with Gasteiger partial charge >= 0.3 is 11.9 Å². The number of unbranched alkanes of at least 4 members (excludes halogenated alkanes) is 6. The first-order valence-corrected chi connectivity index (χ1v) is 9.43. The summed E-state index contributed by atoms with van der Waals surface area (Å²) in [6.45, 7) is 4.03. The quantitative estimate of drug-likeness (QED) is 0.508. The molecular weight excluding hydrogens is 292 g/mol. The summed E-state index contributed by atoms with van der Waals surface area (Å²) in [6, 6.07) is 0. The second-order valence-corrected chi connectivity index (χ2v) is 7.21. The number of aliphatic carboxylic acids is 2. The summed E-state index contributed by atoms with van der Waals surface area (Å²) in [4.78, 5) is 24.1. The van der Waals surface area contributed by atoms with Gasteiger partial charge in [0.05, 0.1) is 10.8 Å². The zero-order chi connectivity index (χ0) is 17.3. The van der Waals surface area contributed by atoms with Crippen molar-refractivity contribution in [1.82, 2.24) is 0 Å². The van der Waals surface area contributed by atoms with E-state index in [4.69, 9.17) is 0 Å². The smallest absolute Gasteiger partial charge is 0.310 e. The molecule has 4 nitrogen and oxygen atoms in total. The first-order valence-electron chi connectivity index (χ1n) is 9.43. The largest absolute Gasteiger partial charge is 0.481 e. The molecule has 0 aliphatic heterocycles. The van der Waals surface area contributed by atoms with Crippen LogP contribution in [0.25, 0.3) is 0 Å². The molecular formula is C19H34O4. The number of hydrogen-bond donors (Lipinski definition) is 2. The molecule has 2 atom stereocenters. The molecule has 134 valence electrons. The Morgan fingerprint density at radius 1 is 0.783 bits per heavy atom. The molecule has 0 radical (unpaired) electrons. The highest BCUT2D eigenvalue weighted by Gasteiger charge is 2.60. The van der Waals surface area contributed by atoms with Crippen LogP contribution in [0.4, 0.5) is 0 Å². The zero-order valence-corrected chi connectivity index (χ0v) is 14.9. The van der Waals surface area contributed by atoms with Crippen molar-refractivity contribution < 1.29 is 19.8 Å². The molecule has 1 fully saturated rings. The van der Waals surface area contributed by atoms with Gasteiger partial charge in [0.1, 0.15) is 0 Å². The van der Waals surface area contributed by atoms with E-state index in [0.717, 1.165) is 32.1 Å². The van der Waals surface area contributed by atoms with E-state index < -0.39 is 22.8 Å². The maximum atomic E-state index is 12.1. The van der Waals surface area contributed by atoms with E-state index in [-0.39, 0.29) is 0 Å². The summed E-state index contributed by atoms with van der Waals surface area (Å²) in [5.74, 6) is -1.81. The van der Waals surface area contributed by atoms with Crippen LogP contribution < -0.4 is 0 Å². The number of carboxylic acids is 2. The molecule has 1 aliphatic rings. The fourth-order valence-corrected chi connectivity index (χ4v) is 4.48. The maximum Gasteiger partial charge on any atom is 0.310 e. The Bertz CT molecular complexity index is 393. The zero-order valence-electron chi connectivity index (χ0n) is 14.9. The van der Waals surface area contributed by atoms with Gasteiger partial charge in [0.25, 0.3) is 0 Å². The van der Waals surface area contributed by atoms with Crippen LogP contribution in [0.5, 0.6) is 0 Å². The van der Waals surface area contributed by atoms with Crippen LogP contribution in [-0.2, 0) is 9.59 Å². The van der Waals surface area contributed by atoms with E-state index in [1.165, 1.54) is 25.7 Å². The molecule has 1 aliphatic carbocycles. The Labute approximate surface area is 140 Å². The summed E-state index contributed by atoms with van der Waals surface area (Å²) < 4.78 is 0. The third-order valence-electron chi connectivity index (χ3n) is 6.00. The Kier molecular flexibility index (Phi) is 8.07. The molecule has 0 aromatic heterocycles. The summed E-state index contributed by atoms with van der Waals surface area (Å²) in [6.07, 6.45) is 11.5. The molecule has 23 heavy (non-hydrogen) atoms. The molecule has 0 spiro atoms. The van der Waals surface area contributed by atoms with E-state index in [9.17, 15) is 19.8 Å². The first kappa shape index (κ1) is 20.0. The van der Waals surface area contributed by atoms with Gasteiger partial charge in [-0.3, -0.25) is 9.59 Å². The Hall–Kier alpha value is -1.06. The Morgan fingerprint density at radius 2 is 1.26 bits per heavy atom. The molecule has 2 N–H and O–H groups in total. The molecule has 4 heteroatoms. The Morgan fingerprint density at radius 3 is 1.74 bits per heavy atom. The van der Waals surface area contributed by atoms with Crippen molar-refractivity contribution in [2.45, 2.75) is 97.3 Å². The lowest BCUT2D eigenvalue weighted by Crippen LogP contribution is -2.54. The normalized spacial score (nSPS) is 27.7. The molecule has 0 aromatic carbocycles. The predicted octanol–water partition coefficient (Wildman–Crippen LogP) is 5.25. The summed E-state index contributed by atoms with van der Waals surface area (Å²) >= 11 is 0. The van der Waals surface area contributed by atoms with Crippen LogP contribution >= 0.6 is 0 Å². The predicted molar refractivity (Wildman–Crippen MR) is 91.5 cm³/mol. The summed E-state index contributed by atoms with van der Waals surface area (Å²) in [5.41, 5.74) is -2.16. The van der Waals surface area contributed by atoms with Crippen LogP contribution in [0.15, 0.2) is 0 Å². The van der Waals surface area contributed by atoms with Crippen molar-refractivity contribution in [2.75, 3.05) is 0 Å². The van der Waals surface area contributed by atoms with Gasteiger partial charge in [0.2, 0.25) is 0 Å². The highest BCUT2D eigenvalue weighted by Crippen LogP contribution is 2.56. The SMILES string of the molecule is CCCCCCCCCC1(C(=O)O)CCCCC1(CC)C(=O)O. The van der Waals surface area contributed by atoms with Crippen LogP contribution in [0.2, 0.25) is 0 Å². The lowest BCUT2D eigenvalue weighted by molar-refractivity contribution is -0.181. The van der Waals surface area contributed by atoms with Crippen molar-refractivity contribution in [3.05, 3.63) is 0 Å². The second kappa shape index (κ2) is 9.29. The van der Waals surface area contributed by atoms with Gasteiger partial charge in [-0.15, -0.1) is 0 Å². The van der Waals surface area contributed by atoms with E-state index >= 15 is 0 Å². The van der Waals surface area contributed by atoms with Gasteiger partial charge in [-0.1, -0.05) is 71.6 Å². The standard InChI is InChI=1S/C19H34O4/c1-3-5-6-7-8-9-10-14-19(17(22)23)15-12-11-13-18(19,4-2)16(20)21/h3-15H2,1-2H3,(H,20,21)(H,22,23). The maximum absolute atomic E-state index is 12.1. The van der Waals surface area contributed by atoms with Crippen LogP contribution in [0.3, 0.4) is 0 Å². The van der Waals surface area contributed by atoms with Crippen molar-refractivity contribution in [3.63, 3.8) is 0 Å². The lowest BCUT2D eigenvalue weighted by Gasteiger charge is -2.48. The number of hydrogen-bond acceptors (Lipinski definition) is 2. The average Bonchev–Trinajstić information content (AvgIpc) is 2.53. The van der Waals surface area contributed by atoms with Gasteiger partial charge < -0.3 is 10.2 Å². The molecule has 1 saturated carbocycles. The average molecular weight is 326 g/mol. The number of carboxylic acid groups (broad SMARTS) is 2. The fourth-order valence-electron chi connectivity index (χ4n) is 4.48. The highest BCUT2D eigenvalue weighted by atomic mass is 16.4. The third kappa shape index (κ3) is 4.27. The third-order valence-corrected chi connectivity index (χ3v) is 6.00. The van der Waals surface area contributed by atoms with E-state index in [2.05, 4.69) is 6.92 Å². The summed E-state index contributed by atoms with van der Waals surface area (Å²) in [5, 5.41) is 19.7. The van der Waals surface area contributed by atoms with Crippen LogP contribution in [0.1, 0.15) is 97.3 Å². The Balaban J connectivity index is 2.73. The monoisotopic (exact) mass is 326 g/mol. The summed E-state index contributed by atoms with van der Waals surface area (Å²) in [7, 11) is 0. The topological polar surface area (TPSA) is 74.6 Å². The molecule has 0 aromatic rings. The van der Waals surface area contributed by atoms with Crippen molar-refractivity contribution in [1.29, 1.82) is 0 Å². The van der Waals surface area contributed by atoms with Gasteiger partial charge in [-0.05, 0) is 25.7 Å². The van der Waals surface area contributed by atoms with Crippen molar-refractivity contribution >= 4 is 11.9 Å². The number of carbonyl (C=O) groups is 2. The van der Waals surface area contributed by atoms with Crippen molar-refractivity contribution in [2.24, 2.45) is 10.8 Å². The molecule has 0 heterocycles. The fraction of sp³-hybridized carbons (Fsp3) is 0.895. The van der Waals surface area contributed by atoms with Gasteiger partial charge in [0.15, 0.2) is 0 Å². The second-order valence-electron chi connectivity index (χ2n) is 7.21. The van der Waals surface area contributed by atoms with Gasteiger partial charge in [0, 0.05) is 0 Å². The van der Waals surface area contributed by atoms with Gasteiger partial charge in [-0.25, -0.2) is 0 Å².